The van der Waals surface area contributed by atoms with Gasteiger partial charge in [-0.1, -0.05) is 44.0 Å². The van der Waals surface area contributed by atoms with Gasteiger partial charge in [-0.2, -0.15) is 5.10 Å². The number of benzene rings is 2. The predicted molar refractivity (Wildman–Crippen MR) is 187 cm³/mol. The zero-order valence-corrected chi connectivity index (χ0v) is 28.7. The Bertz CT molecular complexity index is 1490. The van der Waals surface area contributed by atoms with Gasteiger partial charge in [-0.25, -0.2) is 0 Å². The predicted octanol–water partition coefficient (Wildman–Crippen LogP) is 9.05. The molecule has 0 unspecified atom stereocenters. The summed E-state index contributed by atoms with van der Waals surface area (Å²) in [5.41, 5.74) is 5.75. The van der Waals surface area contributed by atoms with E-state index in [1.54, 1.807) is 7.11 Å². The molecule has 0 atom stereocenters. The van der Waals surface area contributed by atoms with Crippen LogP contribution in [0.4, 0.5) is 5.69 Å². The first-order valence-corrected chi connectivity index (χ1v) is 18.2. The molecule has 3 aliphatic rings. The summed E-state index contributed by atoms with van der Waals surface area (Å²) in [6.45, 7) is 5.51. The molecule has 3 saturated carbocycles. The van der Waals surface area contributed by atoms with Crippen LogP contribution in [0.1, 0.15) is 113 Å². The van der Waals surface area contributed by atoms with E-state index in [-0.39, 0.29) is 23.7 Å². The average Bonchev–Trinajstić information content (AvgIpc) is 3.84. The van der Waals surface area contributed by atoms with Crippen LogP contribution in [0.25, 0.3) is 11.1 Å². The summed E-state index contributed by atoms with van der Waals surface area (Å²) in [5, 5.41) is 4.62. The number of ether oxygens (including phenoxy) is 2. The van der Waals surface area contributed by atoms with Crippen molar-refractivity contribution >= 4 is 17.6 Å². The molecule has 1 amide bonds. The minimum absolute atomic E-state index is 0.0703. The third kappa shape index (κ3) is 8.28. The van der Waals surface area contributed by atoms with Gasteiger partial charge in [-0.05, 0) is 124 Å². The van der Waals surface area contributed by atoms with Crippen molar-refractivity contribution in [2.24, 2.45) is 17.8 Å². The van der Waals surface area contributed by atoms with Crippen molar-refractivity contribution in [3.8, 4) is 16.9 Å². The molecule has 2 aromatic carbocycles. The normalized spacial score (nSPS) is 22.9. The summed E-state index contributed by atoms with van der Waals surface area (Å²) in [4.78, 5) is 29.2. The molecule has 3 fully saturated rings. The standard InChI is InChI=1S/C40H53N3O4/c1-4-5-6-22-47-40(45)32-16-14-31(15-17-32)39(44)42(37-9-7-8-33(24-37)35-25-41-43(27-35)36-19-20-36)26-29-10-12-30(13-11-29)34-18-21-38(46-3)28(2)23-34/h7-9,18,21,23-25,27,29-32,36H,4-6,10-17,19-20,22,26H2,1-3H3/t29-,30-,31-,32-. The highest BCUT2D eigenvalue weighted by Gasteiger charge is 2.35. The second-order valence-corrected chi connectivity index (χ2v) is 14.3. The molecule has 0 bridgehead atoms. The van der Waals surface area contributed by atoms with Crippen LogP contribution in [0.15, 0.2) is 54.9 Å². The van der Waals surface area contributed by atoms with E-state index in [9.17, 15) is 9.59 Å². The molecule has 6 rings (SSSR count). The topological polar surface area (TPSA) is 73.7 Å². The van der Waals surface area contributed by atoms with Crippen LogP contribution in [0.3, 0.4) is 0 Å². The number of unbranched alkanes of at least 4 members (excludes halogenated alkanes) is 2. The van der Waals surface area contributed by atoms with Crippen molar-refractivity contribution in [3.05, 3.63) is 66.0 Å². The first kappa shape index (κ1) is 33.3. The summed E-state index contributed by atoms with van der Waals surface area (Å²) >= 11 is 0. The zero-order valence-electron chi connectivity index (χ0n) is 28.7. The average molecular weight is 640 g/mol. The van der Waals surface area contributed by atoms with Crippen molar-refractivity contribution in [2.45, 2.75) is 109 Å². The van der Waals surface area contributed by atoms with E-state index >= 15 is 0 Å². The first-order chi connectivity index (χ1) is 22.9. The third-order valence-electron chi connectivity index (χ3n) is 10.9. The van der Waals surface area contributed by atoms with Gasteiger partial charge in [0.1, 0.15) is 5.75 Å². The molecule has 0 saturated heterocycles. The molecular formula is C40H53N3O4. The van der Waals surface area contributed by atoms with Crippen LogP contribution in [0.5, 0.6) is 5.75 Å². The Balaban J connectivity index is 1.14. The van der Waals surface area contributed by atoms with Gasteiger partial charge in [0.05, 0.1) is 31.9 Å². The third-order valence-corrected chi connectivity index (χ3v) is 10.9. The van der Waals surface area contributed by atoms with Crippen LogP contribution in [-0.4, -0.2) is 41.9 Å². The summed E-state index contributed by atoms with van der Waals surface area (Å²) < 4.78 is 13.2. The molecule has 0 radical (unpaired) electrons. The highest BCUT2D eigenvalue weighted by Crippen LogP contribution is 2.40. The zero-order chi connectivity index (χ0) is 32.8. The molecular weight excluding hydrogens is 586 g/mol. The Kier molecular flexibility index (Phi) is 11.0. The van der Waals surface area contributed by atoms with Crippen LogP contribution >= 0.6 is 0 Å². The molecule has 0 aliphatic heterocycles. The summed E-state index contributed by atoms with van der Waals surface area (Å²) in [7, 11) is 1.73. The maximum absolute atomic E-state index is 14.4. The van der Waals surface area contributed by atoms with Crippen molar-refractivity contribution in [1.82, 2.24) is 9.78 Å². The fourth-order valence-corrected chi connectivity index (χ4v) is 7.73. The number of rotatable bonds is 13. The number of hydrogen-bond donors (Lipinski definition) is 0. The van der Waals surface area contributed by atoms with Gasteiger partial charge in [0.25, 0.3) is 0 Å². The van der Waals surface area contributed by atoms with Crippen molar-refractivity contribution in [1.29, 1.82) is 0 Å². The SMILES string of the molecule is CCCCCOC(=O)[C@H]1CC[C@H](C(=O)N(C[C@H]2CC[C@H](c3ccc(OC)c(C)c3)CC2)c2cccc(-c3cnn(C4CC4)c3)c2)CC1. The van der Waals surface area contributed by atoms with E-state index < -0.39 is 0 Å². The van der Waals surface area contributed by atoms with Gasteiger partial charge in [0.2, 0.25) is 5.91 Å². The van der Waals surface area contributed by atoms with E-state index in [1.165, 1.54) is 24.0 Å². The van der Waals surface area contributed by atoms with Gasteiger partial charge in [0.15, 0.2) is 0 Å². The molecule has 47 heavy (non-hydrogen) atoms. The lowest BCUT2D eigenvalue weighted by Crippen LogP contribution is -2.42. The van der Waals surface area contributed by atoms with E-state index in [1.807, 2.05) is 6.20 Å². The number of esters is 1. The molecule has 7 heteroatoms. The van der Waals surface area contributed by atoms with Crippen molar-refractivity contribution < 1.29 is 19.1 Å². The lowest BCUT2D eigenvalue weighted by molar-refractivity contribution is -0.150. The van der Waals surface area contributed by atoms with Crippen LogP contribution < -0.4 is 9.64 Å². The molecule has 1 heterocycles. The van der Waals surface area contributed by atoms with Gasteiger partial charge < -0.3 is 14.4 Å². The quantitative estimate of drug-likeness (QED) is 0.138. The molecule has 3 aromatic rings. The molecule has 1 aromatic heterocycles. The number of anilines is 1. The molecule has 252 valence electrons. The van der Waals surface area contributed by atoms with E-state index in [4.69, 9.17) is 9.47 Å². The summed E-state index contributed by atoms with van der Waals surface area (Å²) in [6, 6.07) is 15.6. The Morgan fingerprint density at radius 1 is 0.894 bits per heavy atom. The minimum Gasteiger partial charge on any atom is -0.496 e. The van der Waals surface area contributed by atoms with Gasteiger partial charge in [-0.15, -0.1) is 0 Å². The molecule has 7 nitrogen and oxygen atoms in total. The second-order valence-electron chi connectivity index (χ2n) is 14.3. The number of carbonyl (C=O) groups excluding carboxylic acids is 2. The maximum atomic E-state index is 14.4. The lowest BCUT2D eigenvalue weighted by atomic mass is 9.77. The fraction of sp³-hybridized carbons (Fsp3) is 0.575. The number of amides is 1. The molecule has 0 N–H and O–H groups in total. The fourth-order valence-electron chi connectivity index (χ4n) is 7.73. The largest absolute Gasteiger partial charge is 0.496 e. The highest BCUT2D eigenvalue weighted by molar-refractivity contribution is 5.96. The summed E-state index contributed by atoms with van der Waals surface area (Å²) in [6.07, 6.45) is 17.0. The van der Waals surface area contributed by atoms with Crippen molar-refractivity contribution in [2.75, 3.05) is 25.2 Å². The van der Waals surface area contributed by atoms with Crippen LogP contribution in [0.2, 0.25) is 0 Å². The van der Waals surface area contributed by atoms with E-state index in [2.05, 4.69) is 77.2 Å². The number of nitrogens with zero attached hydrogens (tertiary/aromatic N) is 3. The first-order valence-electron chi connectivity index (χ1n) is 18.2. The van der Waals surface area contributed by atoms with Gasteiger partial charge in [0, 0.05) is 29.9 Å². The Labute approximate surface area is 281 Å². The smallest absolute Gasteiger partial charge is 0.308 e. The van der Waals surface area contributed by atoms with Gasteiger partial charge in [-0.3, -0.25) is 14.3 Å². The van der Waals surface area contributed by atoms with E-state index in [0.29, 0.717) is 24.5 Å². The van der Waals surface area contributed by atoms with Crippen LogP contribution in [-0.2, 0) is 14.3 Å². The number of methoxy groups -OCH3 is 1. The highest BCUT2D eigenvalue weighted by atomic mass is 16.5. The minimum atomic E-state index is -0.0858. The maximum Gasteiger partial charge on any atom is 0.308 e. The number of hydrogen-bond acceptors (Lipinski definition) is 5. The number of carbonyl (C=O) groups is 2. The number of aromatic nitrogens is 2. The van der Waals surface area contributed by atoms with Gasteiger partial charge >= 0.3 is 5.97 Å². The Hall–Kier alpha value is -3.61. The van der Waals surface area contributed by atoms with Crippen LogP contribution in [0, 0.1) is 24.7 Å². The Morgan fingerprint density at radius 3 is 2.36 bits per heavy atom. The lowest BCUT2D eigenvalue weighted by Gasteiger charge is -2.36. The number of aryl methyl sites for hydroxylation is 1. The summed E-state index contributed by atoms with van der Waals surface area (Å²) in [5.74, 6) is 1.91. The van der Waals surface area contributed by atoms with Crippen molar-refractivity contribution in [3.63, 3.8) is 0 Å². The monoisotopic (exact) mass is 639 g/mol. The molecule has 0 spiro atoms. The molecule has 3 aliphatic carbocycles. The van der Waals surface area contributed by atoms with E-state index in [0.717, 1.165) is 99.7 Å². The second kappa shape index (κ2) is 15.5. The Morgan fingerprint density at radius 2 is 1.66 bits per heavy atom.